The van der Waals surface area contributed by atoms with Crippen LogP contribution in [0, 0.1) is 0 Å². The Bertz CT molecular complexity index is 403. The summed E-state index contributed by atoms with van der Waals surface area (Å²) >= 11 is 1.37. The number of aliphatic carboxylic acids is 1. The number of carboxylic acids is 1. The number of aromatic nitrogens is 1. The molecule has 0 fully saturated rings. The normalized spacial score (nSPS) is 10.0. The summed E-state index contributed by atoms with van der Waals surface area (Å²) < 4.78 is 0. The van der Waals surface area contributed by atoms with Crippen LogP contribution in [-0.4, -0.2) is 47.5 Å². The molecule has 2 N–H and O–H groups in total. The van der Waals surface area contributed by atoms with Crippen molar-refractivity contribution in [3.8, 4) is 0 Å². The third-order valence-corrected chi connectivity index (χ3v) is 2.89. The first-order valence-electron chi connectivity index (χ1n) is 5.09. The molecular weight excluding hydrogens is 242 g/mol. The van der Waals surface area contributed by atoms with Crippen molar-refractivity contribution in [2.24, 2.45) is 0 Å². The molecule has 17 heavy (non-hydrogen) atoms. The Kier molecular flexibility index (Phi) is 4.89. The third-order valence-electron chi connectivity index (χ3n) is 2.04. The Hall–Kier alpha value is -1.63. The minimum absolute atomic E-state index is 0.0349. The van der Waals surface area contributed by atoms with Gasteiger partial charge in [0.1, 0.15) is 0 Å². The van der Waals surface area contributed by atoms with Crippen molar-refractivity contribution < 1.29 is 14.7 Å². The number of rotatable bonds is 6. The van der Waals surface area contributed by atoms with Crippen molar-refractivity contribution >= 4 is 28.3 Å². The molecule has 1 aromatic heterocycles. The van der Waals surface area contributed by atoms with Gasteiger partial charge in [-0.3, -0.25) is 9.59 Å². The molecule has 1 rings (SSSR count). The number of carboxylic acid groups (broad SMARTS) is 1. The number of carbonyl (C=O) groups excluding carboxylic acids is 1. The SMILES string of the molecule is CN(C)C(=O)CNc1nc(CCC(=O)O)cs1. The zero-order valence-electron chi connectivity index (χ0n) is 9.77. The molecule has 0 atom stereocenters. The van der Waals surface area contributed by atoms with Crippen LogP contribution in [0.4, 0.5) is 5.13 Å². The second kappa shape index (κ2) is 6.19. The number of hydrogen-bond donors (Lipinski definition) is 2. The van der Waals surface area contributed by atoms with Gasteiger partial charge in [-0.05, 0) is 0 Å². The van der Waals surface area contributed by atoms with Crippen molar-refractivity contribution in [3.05, 3.63) is 11.1 Å². The third kappa shape index (κ3) is 4.81. The predicted octanol–water partition coefficient (Wildman–Crippen LogP) is 0.660. The fourth-order valence-electron chi connectivity index (χ4n) is 1.05. The number of carbonyl (C=O) groups is 2. The minimum Gasteiger partial charge on any atom is -0.481 e. The number of hydrogen-bond acceptors (Lipinski definition) is 5. The molecule has 0 aromatic carbocycles. The van der Waals surface area contributed by atoms with Crippen LogP contribution >= 0.6 is 11.3 Å². The van der Waals surface area contributed by atoms with Gasteiger partial charge in [0.05, 0.1) is 18.7 Å². The maximum Gasteiger partial charge on any atom is 0.303 e. The highest BCUT2D eigenvalue weighted by molar-refractivity contribution is 7.13. The monoisotopic (exact) mass is 257 g/mol. The van der Waals surface area contributed by atoms with Crippen LogP contribution in [0.15, 0.2) is 5.38 Å². The fraction of sp³-hybridized carbons (Fsp3) is 0.500. The van der Waals surface area contributed by atoms with Crippen LogP contribution in [-0.2, 0) is 16.0 Å². The standard InChI is InChI=1S/C10H15N3O3S/c1-13(2)8(14)5-11-10-12-7(6-17-10)3-4-9(15)16/h6H,3-5H2,1-2H3,(H,11,12)(H,15,16). The lowest BCUT2D eigenvalue weighted by Gasteiger charge is -2.09. The average molecular weight is 257 g/mol. The van der Waals surface area contributed by atoms with E-state index < -0.39 is 5.97 Å². The van der Waals surface area contributed by atoms with Gasteiger partial charge < -0.3 is 15.3 Å². The van der Waals surface area contributed by atoms with Gasteiger partial charge in [-0.2, -0.15) is 0 Å². The van der Waals surface area contributed by atoms with E-state index in [1.165, 1.54) is 16.2 Å². The number of aryl methyl sites for hydroxylation is 1. The summed E-state index contributed by atoms with van der Waals surface area (Å²) in [6.45, 7) is 0.193. The number of nitrogens with zero attached hydrogens (tertiary/aromatic N) is 2. The van der Waals surface area contributed by atoms with E-state index in [4.69, 9.17) is 5.11 Å². The summed E-state index contributed by atoms with van der Waals surface area (Å²) in [4.78, 5) is 27.4. The smallest absolute Gasteiger partial charge is 0.303 e. The molecule has 6 nitrogen and oxygen atoms in total. The molecule has 0 radical (unpaired) electrons. The molecule has 94 valence electrons. The second-order valence-electron chi connectivity index (χ2n) is 3.68. The van der Waals surface area contributed by atoms with E-state index >= 15 is 0 Å². The van der Waals surface area contributed by atoms with Gasteiger partial charge in [0.2, 0.25) is 5.91 Å². The maximum absolute atomic E-state index is 11.3. The summed E-state index contributed by atoms with van der Waals surface area (Å²) in [5, 5.41) is 13.9. The van der Waals surface area contributed by atoms with E-state index in [-0.39, 0.29) is 18.9 Å². The summed E-state index contributed by atoms with van der Waals surface area (Å²) in [7, 11) is 3.37. The summed E-state index contributed by atoms with van der Waals surface area (Å²) in [5.41, 5.74) is 0.734. The molecule has 1 amide bonds. The molecule has 0 unspecified atom stereocenters. The van der Waals surface area contributed by atoms with E-state index in [2.05, 4.69) is 10.3 Å². The minimum atomic E-state index is -0.838. The lowest BCUT2D eigenvalue weighted by Crippen LogP contribution is -2.28. The van der Waals surface area contributed by atoms with E-state index in [1.54, 1.807) is 19.5 Å². The van der Waals surface area contributed by atoms with Gasteiger partial charge in [-0.25, -0.2) is 4.98 Å². The first-order chi connectivity index (χ1) is 7.99. The van der Waals surface area contributed by atoms with Crippen molar-refractivity contribution in [1.29, 1.82) is 0 Å². The van der Waals surface area contributed by atoms with Gasteiger partial charge in [0.15, 0.2) is 5.13 Å². The Labute approximate surface area is 103 Å². The van der Waals surface area contributed by atoms with Crippen LogP contribution in [0.2, 0.25) is 0 Å². The highest BCUT2D eigenvalue weighted by Gasteiger charge is 2.07. The number of thiazole rings is 1. The number of anilines is 1. The molecule has 0 bridgehead atoms. The lowest BCUT2D eigenvalue weighted by atomic mass is 10.2. The molecule has 0 saturated carbocycles. The molecular formula is C10H15N3O3S. The predicted molar refractivity (Wildman–Crippen MR) is 65.3 cm³/mol. The van der Waals surface area contributed by atoms with E-state index in [0.29, 0.717) is 11.6 Å². The lowest BCUT2D eigenvalue weighted by molar-refractivity contribution is -0.137. The number of amides is 1. The van der Waals surface area contributed by atoms with Crippen LogP contribution in [0.1, 0.15) is 12.1 Å². The highest BCUT2D eigenvalue weighted by Crippen LogP contribution is 2.16. The first-order valence-corrected chi connectivity index (χ1v) is 5.97. The average Bonchev–Trinajstić information content (AvgIpc) is 2.70. The Morgan fingerprint density at radius 3 is 2.82 bits per heavy atom. The molecule has 0 aliphatic carbocycles. The van der Waals surface area contributed by atoms with Crippen LogP contribution in [0.3, 0.4) is 0 Å². The van der Waals surface area contributed by atoms with Crippen molar-refractivity contribution in [1.82, 2.24) is 9.88 Å². The van der Waals surface area contributed by atoms with E-state index in [9.17, 15) is 9.59 Å². The summed E-state index contributed by atoms with van der Waals surface area (Å²) in [6.07, 6.45) is 0.481. The molecule has 0 spiro atoms. The number of likely N-dealkylation sites (N-methyl/N-ethyl adjacent to an activating group) is 1. The molecule has 0 aliphatic heterocycles. The van der Waals surface area contributed by atoms with Gasteiger partial charge in [-0.15, -0.1) is 11.3 Å². The van der Waals surface area contributed by atoms with Crippen LogP contribution in [0.5, 0.6) is 0 Å². The van der Waals surface area contributed by atoms with E-state index in [1.807, 2.05) is 0 Å². The quantitative estimate of drug-likeness (QED) is 0.782. The van der Waals surface area contributed by atoms with Gasteiger partial charge >= 0.3 is 5.97 Å². The zero-order chi connectivity index (χ0) is 12.8. The van der Waals surface area contributed by atoms with Crippen LogP contribution < -0.4 is 5.32 Å². The van der Waals surface area contributed by atoms with Crippen molar-refractivity contribution in [3.63, 3.8) is 0 Å². The largest absolute Gasteiger partial charge is 0.481 e. The molecule has 0 saturated heterocycles. The topological polar surface area (TPSA) is 82.5 Å². The van der Waals surface area contributed by atoms with Crippen molar-refractivity contribution in [2.45, 2.75) is 12.8 Å². The van der Waals surface area contributed by atoms with Gasteiger partial charge in [0, 0.05) is 25.9 Å². The molecule has 1 heterocycles. The first kappa shape index (κ1) is 13.4. The highest BCUT2D eigenvalue weighted by atomic mass is 32.1. The maximum atomic E-state index is 11.3. The van der Waals surface area contributed by atoms with E-state index in [0.717, 1.165) is 5.69 Å². The molecule has 7 heteroatoms. The zero-order valence-corrected chi connectivity index (χ0v) is 10.6. The van der Waals surface area contributed by atoms with Gasteiger partial charge in [-0.1, -0.05) is 0 Å². The molecule has 0 aliphatic rings. The van der Waals surface area contributed by atoms with Crippen LogP contribution in [0.25, 0.3) is 0 Å². The Morgan fingerprint density at radius 1 is 1.53 bits per heavy atom. The number of nitrogens with one attached hydrogen (secondary N) is 1. The molecule has 1 aromatic rings. The summed E-state index contributed by atoms with van der Waals surface area (Å²) in [5.74, 6) is -0.873. The van der Waals surface area contributed by atoms with Gasteiger partial charge in [0.25, 0.3) is 0 Å². The Balaban J connectivity index is 2.40. The summed E-state index contributed by atoms with van der Waals surface area (Å²) in [6, 6.07) is 0. The second-order valence-corrected chi connectivity index (χ2v) is 4.54. The fourth-order valence-corrected chi connectivity index (χ4v) is 1.79. The Morgan fingerprint density at radius 2 is 2.24 bits per heavy atom. The van der Waals surface area contributed by atoms with Crippen molar-refractivity contribution in [2.75, 3.05) is 26.0 Å².